The second-order valence-corrected chi connectivity index (χ2v) is 6.25. The lowest BCUT2D eigenvalue weighted by atomic mass is 10.1. The zero-order valence-electron chi connectivity index (χ0n) is 11.4. The van der Waals surface area contributed by atoms with E-state index in [0.29, 0.717) is 6.20 Å². The van der Waals surface area contributed by atoms with Crippen molar-refractivity contribution in [2.45, 2.75) is 6.18 Å². The number of nitrogens with one attached hydrogen (secondary N) is 1. The van der Waals surface area contributed by atoms with Crippen LogP contribution in [-0.2, 0) is 16.2 Å². The summed E-state index contributed by atoms with van der Waals surface area (Å²) in [6.07, 6.45) is -4.24. The molecule has 2 aromatic rings. The van der Waals surface area contributed by atoms with E-state index in [0.717, 1.165) is 12.3 Å². The van der Waals surface area contributed by atoms with Gasteiger partial charge in [-0.2, -0.15) is 13.2 Å². The molecule has 0 aliphatic carbocycles. The maximum atomic E-state index is 13.8. The molecule has 1 aromatic carbocycles. The van der Waals surface area contributed by atoms with Crippen LogP contribution >= 0.6 is 0 Å². The molecule has 132 valence electrons. The molecule has 24 heavy (non-hydrogen) atoms. The van der Waals surface area contributed by atoms with Crippen molar-refractivity contribution in [1.82, 2.24) is 9.78 Å². The summed E-state index contributed by atoms with van der Waals surface area (Å²) in [7, 11) is -3.82. The number of alkyl halides is 3. The molecule has 2 rings (SSSR count). The first-order valence-corrected chi connectivity index (χ1v) is 7.69. The van der Waals surface area contributed by atoms with Crippen LogP contribution in [0.3, 0.4) is 0 Å². The van der Waals surface area contributed by atoms with Gasteiger partial charge in [0.2, 0.25) is 10.0 Å². The molecule has 5 nitrogen and oxygen atoms in total. The number of sulfonamides is 1. The third-order valence-corrected chi connectivity index (χ3v) is 3.21. The number of nitrogens with zero attached hydrogens (tertiary/aromatic N) is 2. The van der Waals surface area contributed by atoms with Gasteiger partial charge in [0.15, 0.2) is 29.1 Å². The third-order valence-electron chi connectivity index (χ3n) is 2.63. The van der Waals surface area contributed by atoms with Gasteiger partial charge in [-0.1, -0.05) is 0 Å². The highest BCUT2D eigenvalue weighted by Gasteiger charge is 2.42. The van der Waals surface area contributed by atoms with E-state index >= 15 is 0 Å². The van der Waals surface area contributed by atoms with E-state index in [9.17, 15) is 39.2 Å². The lowest BCUT2D eigenvalue weighted by Crippen LogP contribution is -2.18. The van der Waals surface area contributed by atoms with E-state index in [-0.39, 0.29) is 4.68 Å². The van der Waals surface area contributed by atoms with E-state index in [2.05, 4.69) is 5.10 Å². The summed E-state index contributed by atoms with van der Waals surface area (Å²) in [5, 5.41) is 3.29. The van der Waals surface area contributed by atoms with Crippen LogP contribution in [0.1, 0.15) is 5.56 Å². The first kappa shape index (κ1) is 18.0. The van der Waals surface area contributed by atoms with Crippen molar-refractivity contribution in [3.05, 3.63) is 41.1 Å². The fourth-order valence-corrected chi connectivity index (χ4v) is 2.25. The SMILES string of the molecule is CS(=O)(=O)Nc1ccn(-c2c(F)c(F)c(C(F)(F)F)c(F)c2F)n1. The molecular weight excluding hydrogens is 371 g/mol. The Bertz CT molecular complexity index is 876. The predicted molar refractivity (Wildman–Crippen MR) is 66.9 cm³/mol. The van der Waals surface area contributed by atoms with E-state index in [1.54, 1.807) is 4.72 Å². The van der Waals surface area contributed by atoms with Gasteiger partial charge in [-0.25, -0.2) is 30.7 Å². The van der Waals surface area contributed by atoms with Crippen LogP contribution in [0.15, 0.2) is 12.3 Å². The fourth-order valence-electron chi connectivity index (χ4n) is 1.76. The molecule has 0 fully saturated rings. The third kappa shape index (κ3) is 3.29. The molecule has 0 unspecified atom stereocenters. The summed E-state index contributed by atoms with van der Waals surface area (Å²) >= 11 is 0. The summed E-state index contributed by atoms with van der Waals surface area (Å²) in [5.74, 6) is -10.4. The zero-order chi connectivity index (χ0) is 18.4. The van der Waals surface area contributed by atoms with Crippen molar-refractivity contribution >= 4 is 15.8 Å². The molecule has 1 N–H and O–H groups in total. The Hall–Kier alpha value is -2.31. The molecule has 1 heterocycles. The Labute approximate surface area is 129 Å². The van der Waals surface area contributed by atoms with Gasteiger partial charge in [0.25, 0.3) is 0 Å². The Kier molecular flexibility index (Phi) is 4.24. The summed E-state index contributed by atoms with van der Waals surface area (Å²) < 4.78 is 116. The van der Waals surface area contributed by atoms with Crippen molar-refractivity contribution in [1.29, 1.82) is 0 Å². The number of halogens is 7. The highest BCUT2D eigenvalue weighted by atomic mass is 32.2. The average Bonchev–Trinajstić information content (AvgIpc) is 2.81. The minimum atomic E-state index is -5.67. The van der Waals surface area contributed by atoms with Gasteiger partial charge >= 0.3 is 6.18 Å². The molecular formula is C11H6F7N3O2S. The molecule has 0 saturated heterocycles. The van der Waals surface area contributed by atoms with Crippen molar-refractivity contribution in [2.24, 2.45) is 0 Å². The number of hydrogen-bond acceptors (Lipinski definition) is 3. The maximum Gasteiger partial charge on any atom is 0.422 e. The van der Waals surface area contributed by atoms with Crippen LogP contribution in [0.2, 0.25) is 0 Å². The first-order valence-electron chi connectivity index (χ1n) is 5.80. The van der Waals surface area contributed by atoms with Crippen LogP contribution in [0.25, 0.3) is 5.69 Å². The maximum absolute atomic E-state index is 13.8. The first-order chi connectivity index (χ1) is 10.8. The van der Waals surface area contributed by atoms with Crippen molar-refractivity contribution < 1.29 is 39.2 Å². The number of rotatable bonds is 3. The topological polar surface area (TPSA) is 64.0 Å². The molecule has 0 atom stereocenters. The molecule has 1 aromatic heterocycles. The van der Waals surface area contributed by atoms with Gasteiger partial charge in [-0.3, -0.25) is 4.72 Å². The number of anilines is 1. The monoisotopic (exact) mass is 377 g/mol. The van der Waals surface area contributed by atoms with Gasteiger partial charge in [-0.05, 0) is 0 Å². The summed E-state index contributed by atoms with van der Waals surface area (Å²) in [6.45, 7) is 0. The Morgan fingerprint density at radius 2 is 1.54 bits per heavy atom. The van der Waals surface area contributed by atoms with Crippen LogP contribution < -0.4 is 4.72 Å². The van der Waals surface area contributed by atoms with Crippen LogP contribution in [0.5, 0.6) is 0 Å². The van der Waals surface area contributed by atoms with Gasteiger partial charge in [0.1, 0.15) is 11.3 Å². The number of benzene rings is 1. The highest BCUT2D eigenvalue weighted by molar-refractivity contribution is 7.92. The standard InChI is InChI=1S/C11H6F7N3O2S/c1-24(22,23)20-4-2-3-21(19-4)10-8(14)6(12)5(11(16,17)18)7(13)9(10)15/h2-3H,1H3,(H,19,20). The van der Waals surface area contributed by atoms with E-state index in [1.807, 2.05) is 0 Å². The average molecular weight is 377 g/mol. The van der Waals surface area contributed by atoms with Crippen molar-refractivity contribution in [2.75, 3.05) is 11.0 Å². The molecule has 0 aliphatic heterocycles. The van der Waals surface area contributed by atoms with E-state index in [4.69, 9.17) is 0 Å². The number of hydrogen-bond donors (Lipinski definition) is 1. The quantitative estimate of drug-likeness (QED) is 0.661. The molecule has 0 aliphatic rings. The fraction of sp³-hybridized carbons (Fsp3) is 0.182. The molecule has 0 spiro atoms. The molecule has 0 amide bonds. The lowest BCUT2D eigenvalue weighted by molar-refractivity contribution is -0.143. The highest BCUT2D eigenvalue weighted by Crippen LogP contribution is 2.37. The molecule has 13 heteroatoms. The molecule has 0 bridgehead atoms. The van der Waals surface area contributed by atoms with Crippen LogP contribution in [-0.4, -0.2) is 24.5 Å². The smallest absolute Gasteiger partial charge is 0.266 e. The largest absolute Gasteiger partial charge is 0.422 e. The van der Waals surface area contributed by atoms with E-state index < -0.39 is 56.5 Å². The van der Waals surface area contributed by atoms with Gasteiger partial charge in [0, 0.05) is 12.3 Å². The summed E-state index contributed by atoms with van der Waals surface area (Å²) in [4.78, 5) is 0. The summed E-state index contributed by atoms with van der Waals surface area (Å²) in [5.41, 5.74) is -4.29. The van der Waals surface area contributed by atoms with Crippen molar-refractivity contribution in [3.8, 4) is 5.69 Å². The second-order valence-electron chi connectivity index (χ2n) is 4.50. The van der Waals surface area contributed by atoms with Gasteiger partial charge < -0.3 is 0 Å². The molecule has 0 saturated carbocycles. The number of aromatic nitrogens is 2. The van der Waals surface area contributed by atoms with Crippen molar-refractivity contribution in [3.63, 3.8) is 0 Å². The van der Waals surface area contributed by atoms with E-state index in [1.165, 1.54) is 0 Å². The lowest BCUT2D eigenvalue weighted by Gasteiger charge is -2.13. The Morgan fingerprint density at radius 1 is 1.04 bits per heavy atom. The van der Waals surface area contributed by atoms with Gasteiger partial charge in [-0.15, -0.1) is 5.10 Å². The predicted octanol–water partition coefficient (Wildman–Crippen LogP) is 2.82. The second kappa shape index (κ2) is 5.65. The summed E-state index contributed by atoms with van der Waals surface area (Å²) in [6, 6.07) is 0.868. The van der Waals surface area contributed by atoms with Crippen LogP contribution in [0, 0.1) is 23.3 Å². The Balaban J connectivity index is 2.65. The zero-order valence-corrected chi connectivity index (χ0v) is 12.2. The minimum absolute atomic E-state index is 0.157. The minimum Gasteiger partial charge on any atom is -0.266 e. The Morgan fingerprint density at radius 3 is 1.96 bits per heavy atom. The van der Waals surface area contributed by atoms with Gasteiger partial charge in [0.05, 0.1) is 6.26 Å². The molecule has 0 radical (unpaired) electrons. The normalized spacial score (nSPS) is 12.5. The van der Waals surface area contributed by atoms with Crippen LogP contribution in [0.4, 0.5) is 36.6 Å².